The summed E-state index contributed by atoms with van der Waals surface area (Å²) in [6.07, 6.45) is 6.36. The molecular weight excluding hydrogens is 298 g/mol. The van der Waals surface area contributed by atoms with Gasteiger partial charge in [-0.1, -0.05) is 6.92 Å². The Labute approximate surface area is 149 Å². The predicted molar refractivity (Wildman–Crippen MR) is 104 cm³/mol. The number of rotatable bonds is 6. The lowest BCUT2D eigenvalue weighted by molar-refractivity contribution is 0.167. The fourth-order valence-corrected chi connectivity index (χ4v) is 3.74. The summed E-state index contributed by atoms with van der Waals surface area (Å²) in [5, 5.41) is 7.11. The van der Waals surface area contributed by atoms with Crippen molar-refractivity contribution in [2.75, 3.05) is 46.3 Å². The first-order chi connectivity index (χ1) is 11.6. The van der Waals surface area contributed by atoms with Crippen LogP contribution in [0.1, 0.15) is 52.9 Å². The van der Waals surface area contributed by atoms with E-state index >= 15 is 0 Å². The summed E-state index contributed by atoms with van der Waals surface area (Å²) in [6.45, 7) is 14.1. The van der Waals surface area contributed by atoms with Gasteiger partial charge < -0.3 is 20.4 Å². The fraction of sp³-hybridized carbons (Fsp3) is 0.947. The van der Waals surface area contributed by atoms with Crippen molar-refractivity contribution in [3.63, 3.8) is 0 Å². The lowest BCUT2D eigenvalue weighted by Crippen LogP contribution is -2.50. The Hall–Kier alpha value is -0.810. The maximum atomic E-state index is 4.40. The third-order valence-corrected chi connectivity index (χ3v) is 5.64. The number of guanidine groups is 1. The number of aliphatic imine (C=N–C) groups is 1. The number of piperidine rings is 2. The predicted octanol–water partition coefficient (Wildman–Crippen LogP) is 2.15. The van der Waals surface area contributed by atoms with Gasteiger partial charge in [0.25, 0.3) is 0 Å². The topological polar surface area (TPSA) is 42.9 Å². The van der Waals surface area contributed by atoms with Crippen molar-refractivity contribution in [1.29, 1.82) is 0 Å². The minimum atomic E-state index is 0.565. The molecule has 0 atom stereocenters. The minimum Gasteiger partial charge on any atom is -0.356 e. The summed E-state index contributed by atoms with van der Waals surface area (Å²) in [6, 6.07) is 1.23. The quantitative estimate of drug-likeness (QED) is 0.443. The van der Waals surface area contributed by atoms with Crippen LogP contribution >= 0.6 is 0 Å². The zero-order valence-corrected chi connectivity index (χ0v) is 16.4. The number of hydrogen-bond acceptors (Lipinski definition) is 3. The van der Waals surface area contributed by atoms with E-state index in [4.69, 9.17) is 0 Å². The zero-order valence-electron chi connectivity index (χ0n) is 16.4. The highest BCUT2D eigenvalue weighted by Crippen LogP contribution is 2.15. The van der Waals surface area contributed by atoms with Crippen molar-refractivity contribution in [1.82, 2.24) is 20.4 Å². The highest BCUT2D eigenvalue weighted by atomic mass is 15.2. The average Bonchev–Trinajstić information content (AvgIpc) is 2.59. The van der Waals surface area contributed by atoms with Crippen LogP contribution in [0.15, 0.2) is 4.99 Å². The van der Waals surface area contributed by atoms with Crippen molar-refractivity contribution in [2.24, 2.45) is 10.9 Å². The van der Waals surface area contributed by atoms with Crippen LogP contribution in [0.2, 0.25) is 0 Å². The maximum absolute atomic E-state index is 4.40. The van der Waals surface area contributed by atoms with Gasteiger partial charge in [0.2, 0.25) is 0 Å². The highest BCUT2D eigenvalue weighted by Gasteiger charge is 2.21. The van der Waals surface area contributed by atoms with Crippen molar-refractivity contribution in [3.8, 4) is 0 Å². The second kappa shape index (κ2) is 10.2. The van der Waals surface area contributed by atoms with Crippen LogP contribution in [0, 0.1) is 5.92 Å². The fourth-order valence-electron chi connectivity index (χ4n) is 3.74. The molecular formula is C19H39N5. The van der Waals surface area contributed by atoms with Crippen molar-refractivity contribution in [3.05, 3.63) is 0 Å². The van der Waals surface area contributed by atoms with Gasteiger partial charge in [-0.05, 0) is 71.5 Å². The van der Waals surface area contributed by atoms with Crippen LogP contribution in [0.5, 0.6) is 0 Å². The van der Waals surface area contributed by atoms with Gasteiger partial charge in [0, 0.05) is 38.8 Å². The molecule has 2 rings (SSSR count). The van der Waals surface area contributed by atoms with E-state index in [0.717, 1.165) is 18.4 Å². The van der Waals surface area contributed by atoms with Crippen molar-refractivity contribution in [2.45, 2.75) is 65.0 Å². The standard InChI is InChI=1S/C19H39N5/c1-16(2)24-14-8-18(9-15-24)22-19(20-4)21-10-5-11-23-12-6-17(3)7-13-23/h16-18H,5-15H2,1-4H3,(H2,20,21,22). The first-order valence-electron chi connectivity index (χ1n) is 10.0. The summed E-state index contributed by atoms with van der Waals surface area (Å²) in [5.74, 6) is 1.90. The first-order valence-corrected chi connectivity index (χ1v) is 10.0. The Bertz CT molecular complexity index is 366. The van der Waals surface area contributed by atoms with E-state index < -0.39 is 0 Å². The molecule has 2 aliphatic heterocycles. The Morgan fingerprint density at radius 2 is 1.75 bits per heavy atom. The number of likely N-dealkylation sites (tertiary alicyclic amines) is 2. The largest absolute Gasteiger partial charge is 0.356 e. The van der Waals surface area contributed by atoms with Crippen LogP contribution in [0.3, 0.4) is 0 Å². The Kier molecular flexibility index (Phi) is 8.33. The number of hydrogen-bond donors (Lipinski definition) is 2. The normalized spacial score (nSPS) is 23.0. The van der Waals surface area contributed by atoms with E-state index in [0.29, 0.717) is 12.1 Å². The molecule has 2 N–H and O–H groups in total. The lowest BCUT2D eigenvalue weighted by Gasteiger charge is -2.35. The van der Waals surface area contributed by atoms with Gasteiger partial charge in [-0.3, -0.25) is 4.99 Å². The van der Waals surface area contributed by atoms with Gasteiger partial charge in [-0.2, -0.15) is 0 Å². The van der Waals surface area contributed by atoms with Crippen molar-refractivity contribution < 1.29 is 0 Å². The Morgan fingerprint density at radius 1 is 1.08 bits per heavy atom. The zero-order chi connectivity index (χ0) is 17.4. The van der Waals surface area contributed by atoms with Gasteiger partial charge >= 0.3 is 0 Å². The van der Waals surface area contributed by atoms with Crippen LogP contribution < -0.4 is 10.6 Å². The van der Waals surface area contributed by atoms with Gasteiger partial charge in [0.05, 0.1) is 0 Å². The molecule has 0 saturated carbocycles. The molecule has 0 aliphatic carbocycles. The molecule has 0 aromatic rings. The molecule has 0 aromatic carbocycles. The lowest BCUT2D eigenvalue weighted by atomic mass is 9.99. The smallest absolute Gasteiger partial charge is 0.191 e. The third-order valence-electron chi connectivity index (χ3n) is 5.64. The second-order valence-corrected chi connectivity index (χ2v) is 7.93. The summed E-state index contributed by atoms with van der Waals surface area (Å²) in [7, 11) is 1.88. The Balaban J connectivity index is 1.58. The molecule has 5 nitrogen and oxygen atoms in total. The molecule has 2 fully saturated rings. The van der Waals surface area contributed by atoms with E-state index in [1.54, 1.807) is 0 Å². The van der Waals surface area contributed by atoms with Gasteiger partial charge in [0.1, 0.15) is 0 Å². The first kappa shape index (κ1) is 19.5. The molecule has 0 radical (unpaired) electrons. The number of nitrogens with zero attached hydrogens (tertiary/aromatic N) is 3. The summed E-state index contributed by atoms with van der Waals surface area (Å²) >= 11 is 0. The third kappa shape index (κ3) is 6.60. The van der Waals surface area contributed by atoms with E-state index in [2.05, 4.69) is 46.2 Å². The molecule has 140 valence electrons. The summed E-state index contributed by atoms with van der Waals surface area (Å²) < 4.78 is 0. The molecule has 2 heterocycles. The Morgan fingerprint density at radius 3 is 2.33 bits per heavy atom. The maximum Gasteiger partial charge on any atom is 0.191 e. The highest BCUT2D eigenvalue weighted by molar-refractivity contribution is 5.79. The molecule has 0 aromatic heterocycles. The summed E-state index contributed by atoms with van der Waals surface area (Å²) in [5.41, 5.74) is 0. The number of nitrogens with one attached hydrogen (secondary N) is 2. The van der Waals surface area contributed by atoms with Crippen LogP contribution in [0.25, 0.3) is 0 Å². The monoisotopic (exact) mass is 337 g/mol. The van der Waals surface area contributed by atoms with E-state index in [1.807, 2.05) is 7.05 Å². The molecule has 5 heteroatoms. The molecule has 0 amide bonds. The molecule has 0 bridgehead atoms. The van der Waals surface area contributed by atoms with Crippen LogP contribution in [0.4, 0.5) is 0 Å². The van der Waals surface area contributed by atoms with Gasteiger partial charge in [-0.15, -0.1) is 0 Å². The summed E-state index contributed by atoms with van der Waals surface area (Å²) in [4.78, 5) is 9.57. The van der Waals surface area contributed by atoms with E-state index in [1.165, 1.54) is 64.8 Å². The molecule has 24 heavy (non-hydrogen) atoms. The van der Waals surface area contributed by atoms with Crippen LogP contribution in [-0.2, 0) is 0 Å². The second-order valence-electron chi connectivity index (χ2n) is 7.93. The van der Waals surface area contributed by atoms with E-state index in [-0.39, 0.29) is 0 Å². The molecule has 0 unspecified atom stereocenters. The minimum absolute atomic E-state index is 0.565. The SMILES string of the molecule is CN=C(NCCCN1CCC(C)CC1)NC1CCN(C(C)C)CC1. The molecule has 2 saturated heterocycles. The van der Waals surface area contributed by atoms with Crippen LogP contribution in [-0.4, -0.2) is 74.2 Å². The molecule has 2 aliphatic rings. The van der Waals surface area contributed by atoms with Crippen molar-refractivity contribution >= 4 is 5.96 Å². The molecule has 0 spiro atoms. The van der Waals surface area contributed by atoms with Gasteiger partial charge in [0.15, 0.2) is 5.96 Å². The average molecular weight is 338 g/mol. The van der Waals surface area contributed by atoms with Gasteiger partial charge in [-0.25, -0.2) is 0 Å². The van der Waals surface area contributed by atoms with E-state index in [9.17, 15) is 0 Å².